The number of anilines is 2. The van der Waals surface area contributed by atoms with Crippen LogP contribution in [0.5, 0.6) is 0 Å². The highest BCUT2D eigenvalue weighted by molar-refractivity contribution is 7.92. The Morgan fingerprint density at radius 1 is 1.26 bits per heavy atom. The van der Waals surface area contributed by atoms with Crippen LogP contribution in [0.3, 0.4) is 0 Å². The molecule has 0 saturated heterocycles. The normalized spacial score (nSPS) is 14.0. The quantitative estimate of drug-likeness (QED) is 0.931. The SMILES string of the molecule is CCN(c1cccnc1)S(=O)(=O)c1ccc2c(c1)CCC(=O)N2. The number of nitrogens with zero attached hydrogens (tertiary/aromatic N) is 2. The zero-order valence-corrected chi connectivity index (χ0v) is 13.5. The Labute approximate surface area is 135 Å². The summed E-state index contributed by atoms with van der Waals surface area (Å²) in [6.07, 6.45) is 4.05. The number of nitrogens with one attached hydrogen (secondary N) is 1. The molecule has 1 aliphatic rings. The molecule has 1 N–H and O–H groups in total. The number of carbonyl (C=O) groups excluding carboxylic acids is 1. The van der Waals surface area contributed by atoms with E-state index in [1.54, 1.807) is 37.4 Å². The number of sulfonamides is 1. The van der Waals surface area contributed by atoms with Gasteiger partial charge in [-0.15, -0.1) is 0 Å². The maximum atomic E-state index is 12.9. The molecular formula is C16H17N3O3S. The zero-order valence-electron chi connectivity index (χ0n) is 12.7. The van der Waals surface area contributed by atoms with Gasteiger partial charge >= 0.3 is 0 Å². The van der Waals surface area contributed by atoms with Crippen molar-refractivity contribution in [3.63, 3.8) is 0 Å². The van der Waals surface area contributed by atoms with Gasteiger partial charge in [-0.1, -0.05) is 0 Å². The van der Waals surface area contributed by atoms with Crippen LogP contribution in [0.2, 0.25) is 0 Å². The van der Waals surface area contributed by atoms with Crippen molar-refractivity contribution < 1.29 is 13.2 Å². The Balaban J connectivity index is 2.01. The summed E-state index contributed by atoms with van der Waals surface area (Å²) in [7, 11) is -3.67. The van der Waals surface area contributed by atoms with E-state index in [1.165, 1.54) is 16.6 Å². The minimum atomic E-state index is -3.67. The van der Waals surface area contributed by atoms with E-state index in [0.29, 0.717) is 30.8 Å². The van der Waals surface area contributed by atoms with Crippen LogP contribution in [0, 0.1) is 0 Å². The average molecular weight is 331 g/mol. The van der Waals surface area contributed by atoms with E-state index in [0.717, 1.165) is 5.56 Å². The lowest BCUT2D eigenvalue weighted by molar-refractivity contribution is -0.116. The van der Waals surface area contributed by atoms with Gasteiger partial charge in [0.1, 0.15) is 0 Å². The van der Waals surface area contributed by atoms with Crippen molar-refractivity contribution in [2.45, 2.75) is 24.7 Å². The molecule has 23 heavy (non-hydrogen) atoms. The molecule has 2 heterocycles. The molecule has 3 rings (SSSR count). The number of pyridine rings is 1. The molecule has 0 atom stereocenters. The summed E-state index contributed by atoms with van der Waals surface area (Å²) in [6, 6.07) is 8.24. The van der Waals surface area contributed by atoms with Crippen molar-refractivity contribution in [2.75, 3.05) is 16.2 Å². The largest absolute Gasteiger partial charge is 0.326 e. The third-order valence-electron chi connectivity index (χ3n) is 3.78. The fourth-order valence-electron chi connectivity index (χ4n) is 2.64. The first kappa shape index (κ1) is 15.5. The molecule has 1 aromatic carbocycles. The monoisotopic (exact) mass is 331 g/mol. The number of hydrogen-bond acceptors (Lipinski definition) is 4. The van der Waals surface area contributed by atoms with Gasteiger partial charge in [0.05, 0.1) is 16.8 Å². The maximum absolute atomic E-state index is 12.9. The highest BCUT2D eigenvalue weighted by atomic mass is 32.2. The van der Waals surface area contributed by atoms with E-state index in [-0.39, 0.29) is 10.8 Å². The highest BCUT2D eigenvalue weighted by Crippen LogP contribution is 2.28. The predicted octanol–water partition coefficient (Wildman–Crippen LogP) is 2.18. The van der Waals surface area contributed by atoms with Gasteiger partial charge in [0, 0.05) is 24.8 Å². The molecule has 0 unspecified atom stereocenters. The molecular weight excluding hydrogens is 314 g/mol. The third kappa shape index (κ3) is 2.92. The Bertz CT molecular complexity index is 835. The molecule has 1 amide bonds. The van der Waals surface area contributed by atoms with E-state index < -0.39 is 10.0 Å². The molecule has 1 aliphatic heterocycles. The fourth-order valence-corrected chi connectivity index (χ4v) is 4.15. The van der Waals surface area contributed by atoms with Crippen molar-refractivity contribution in [3.05, 3.63) is 48.3 Å². The number of rotatable bonds is 4. The van der Waals surface area contributed by atoms with E-state index >= 15 is 0 Å². The van der Waals surface area contributed by atoms with Crippen LogP contribution in [0.25, 0.3) is 0 Å². The van der Waals surface area contributed by atoms with Crippen molar-refractivity contribution in [1.29, 1.82) is 0 Å². The Morgan fingerprint density at radius 2 is 2.09 bits per heavy atom. The fraction of sp³-hybridized carbons (Fsp3) is 0.250. The molecule has 0 bridgehead atoms. The molecule has 6 nitrogen and oxygen atoms in total. The summed E-state index contributed by atoms with van der Waals surface area (Å²) in [5.74, 6) is -0.0429. The number of hydrogen-bond donors (Lipinski definition) is 1. The van der Waals surface area contributed by atoms with Crippen LogP contribution < -0.4 is 9.62 Å². The van der Waals surface area contributed by atoms with Crippen molar-refractivity contribution in [3.8, 4) is 0 Å². The average Bonchev–Trinajstić information content (AvgIpc) is 2.55. The number of aryl methyl sites for hydroxylation is 1. The van der Waals surface area contributed by atoms with Gasteiger partial charge in [-0.2, -0.15) is 0 Å². The van der Waals surface area contributed by atoms with Crippen molar-refractivity contribution in [2.24, 2.45) is 0 Å². The van der Waals surface area contributed by atoms with E-state index in [4.69, 9.17) is 0 Å². The number of benzene rings is 1. The number of fused-ring (bicyclic) bond motifs is 1. The summed E-state index contributed by atoms with van der Waals surface area (Å²) in [6.45, 7) is 2.09. The van der Waals surface area contributed by atoms with Crippen LogP contribution in [0.1, 0.15) is 18.9 Å². The summed E-state index contributed by atoms with van der Waals surface area (Å²) in [4.78, 5) is 15.6. The van der Waals surface area contributed by atoms with Gasteiger partial charge in [0.2, 0.25) is 5.91 Å². The van der Waals surface area contributed by atoms with Gasteiger partial charge in [0.15, 0.2) is 0 Å². The standard InChI is InChI=1S/C16H17N3O3S/c1-2-19(13-4-3-9-17-11-13)23(21,22)14-6-7-15-12(10-14)5-8-16(20)18-15/h3-4,6-7,9-11H,2,5,8H2,1H3,(H,18,20). The Hall–Kier alpha value is -2.41. The molecule has 0 saturated carbocycles. The molecule has 0 spiro atoms. The summed E-state index contributed by atoms with van der Waals surface area (Å²) in [5.41, 5.74) is 2.05. The lowest BCUT2D eigenvalue weighted by atomic mass is 10.0. The zero-order chi connectivity index (χ0) is 16.4. The van der Waals surface area contributed by atoms with Crippen molar-refractivity contribution in [1.82, 2.24) is 4.98 Å². The van der Waals surface area contributed by atoms with Gasteiger partial charge in [0.25, 0.3) is 10.0 Å². The first-order valence-corrected chi connectivity index (χ1v) is 8.82. The van der Waals surface area contributed by atoms with Crippen LogP contribution in [0.15, 0.2) is 47.6 Å². The van der Waals surface area contributed by atoms with E-state index in [1.807, 2.05) is 0 Å². The minimum Gasteiger partial charge on any atom is -0.326 e. The Kier molecular flexibility index (Phi) is 4.04. The second kappa shape index (κ2) is 6.00. The minimum absolute atomic E-state index is 0.0429. The maximum Gasteiger partial charge on any atom is 0.264 e. The molecule has 2 aromatic rings. The van der Waals surface area contributed by atoms with Gasteiger partial charge in [-0.25, -0.2) is 8.42 Å². The summed E-state index contributed by atoms with van der Waals surface area (Å²) < 4.78 is 27.2. The molecule has 120 valence electrons. The third-order valence-corrected chi connectivity index (χ3v) is 5.68. The summed E-state index contributed by atoms with van der Waals surface area (Å²) >= 11 is 0. The van der Waals surface area contributed by atoms with Gasteiger partial charge in [-0.05, 0) is 49.2 Å². The smallest absolute Gasteiger partial charge is 0.264 e. The van der Waals surface area contributed by atoms with E-state index in [9.17, 15) is 13.2 Å². The number of amides is 1. The van der Waals surface area contributed by atoms with Crippen LogP contribution in [-0.4, -0.2) is 25.9 Å². The number of aromatic nitrogens is 1. The topological polar surface area (TPSA) is 79.4 Å². The van der Waals surface area contributed by atoms with Crippen LogP contribution in [0.4, 0.5) is 11.4 Å². The first-order valence-electron chi connectivity index (χ1n) is 7.38. The van der Waals surface area contributed by atoms with Crippen LogP contribution >= 0.6 is 0 Å². The molecule has 7 heteroatoms. The molecule has 0 fully saturated rings. The molecule has 0 aliphatic carbocycles. The lowest BCUT2D eigenvalue weighted by Gasteiger charge is -2.24. The lowest BCUT2D eigenvalue weighted by Crippen LogP contribution is -2.31. The molecule has 1 aromatic heterocycles. The number of carbonyl (C=O) groups is 1. The predicted molar refractivity (Wildman–Crippen MR) is 87.8 cm³/mol. The highest BCUT2D eigenvalue weighted by Gasteiger charge is 2.25. The second-order valence-electron chi connectivity index (χ2n) is 5.25. The van der Waals surface area contributed by atoms with Crippen molar-refractivity contribution >= 4 is 27.3 Å². The second-order valence-corrected chi connectivity index (χ2v) is 7.11. The Morgan fingerprint density at radius 3 is 2.78 bits per heavy atom. The summed E-state index contributed by atoms with van der Waals surface area (Å²) in [5, 5.41) is 2.76. The van der Waals surface area contributed by atoms with Gasteiger partial charge < -0.3 is 5.32 Å². The van der Waals surface area contributed by atoms with Gasteiger partial charge in [-0.3, -0.25) is 14.1 Å². The van der Waals surface area contributed by atoms with Crippen LogP contribution in [-0.2, 0) is 21.2 Å². The first-order chi connectivity index (χ1) is 11.0. The molecule has 0 radical (unpaired) electrons. The van der Waals surface area contributed by atoms with E-state index in [2.05, 4.69) is 10.3 Å².